The lowest BCUT2D eigenvalue weighted by Crippen LogP contribution is -2.15. The van der Waals surface area contributed by atoms with Crippen LogP contribution >= 0.6 is 11.6 Å². The lowest BCUT2D eigenvalue weighted by Gasteiger charge is -2.17. The summed E-state index contributed by atoms with van der Waals surface area (Å²) in [6.45, 7) is 1.83. The average Bonchev–Trinajstić information content (AvgIpc) is 2.40. The maximum atomic E-state index is 11.3. The van der Waals surface area contributed by atoms with Gasteiger partial charge in [0.2, 0.25) is 5.43 Å². The summed E-state index contributed by atoms with van der Waals surface area (Å²) < 4.78 is 1.62. The van der Waals surface area contributed by atoms with Gasteiger partial charge in [-0.05, 0) is 13.0 Å². The van der Waals surface area contributed by atoms with Crippen LogP contribution in [0.5, 0.6) is 5.75 Å². The van der Waals surface area contributed by atoms with Crippen molar-refractivity contribution in [2.45, 2.75) is 19.6 Å². The number of hydrogen-bond acceptors (Lipinski definition) is 3. The molecule has 1 aromatic carbocycles. The molecule has 0 aliphatic heterocycles. The Bertz CT molecular complexity index is 651. The van der Waals surface area contributed by atoms with Gasteiger partial charge >= 0.3 is 0 Å². The lowest BCUT2D eigenvalue weighted by atomic mass is 10.1. The number of hydrogen-bond donors (Lipinski definition) is 2. The Morgan fingerprint density at radius 2 is 2.00 bits per heavy atom. The molecule has 0 saturated heterocycles. The van der Waals surface area contributed by atoms with Crippen LogP contribution in [0.1, 0.15) is 17.4 Å². The van der Waals surface area contributed by atoms with E-state index in [9.17, 15) is 15.0 Å². The molecule has 0 unspecified atom stereocenters. The Morgan fingerprint density at radius 1 is 1.32 bits per heavy atom. The maximum absolute atomic E-state index is 11.3. The highest BCUT2D eigenvalue weighted by molar-refractivity contribution is 6.31. The molecule has 0 fully saturated rings. The molecule has 0 radical (unpaired) electrons. The van der Waals surface area contributed by atoms with E-state index in [4.69, 9.17) is 11.6 Å². The highest BCUT2D eigenvalue weighted by Gasteiger charge is 2.13. The fraction of sp³-hybridized carbons (Fsp3) is 0.214. The number of aliphatic hydroxyl groups excluding tert-OH is 1. The van der Waals surface area contributed by atoms with Crippen LogP contribution in [0.2, 0.25) is 5.02 Å². The Hall–Kier alpha value is -1.78. The zero-order chi connectivity index (χ0) is 14.0. The third-order valence-corrected chi connectivity index (χ3v) is 3.39. The second-order valence-corrected chi connectivity index (χ2v) is 4.71. The first-order valence-corrected chi connectivity index (χ1v) is 6.20. The summed E-state index contributed by atoms with van der Waals surface area (Å²) in [5.41, 5.74) is 0.598. The summed E-state index contributed by atoms with van der Waals surface area (Å²) in [5.74, 6) is -0.297. The van der Waals surface area contributed by atoms with Gasteiger partial charge in [-0.2, -0.15) is 0 Å². The van der Waals surface area contributed by atoms with Gasteiger partial charge in [0.05, 0.1) is 18.3 Å². The Morgan fingerprint density at radius 3 is 2.68 bits per heavy atom. The quantitative estimate of drug-likeness (QED) is 0.906. The van der Waals surface area contributed by atoms with Crippen molar-refractivity contribution >= 4 is 11.6 Å². The molecule has 1 aromatic heterocycles. The molecule has 5 heteroatoms. The summed E-state index contributed by atoms with van der Waals surface area (Å²) >= 11 is 6.01. The van der Waals surface area contributed by atoms with Crippen LogP contribution in [0.25, 0.3) is 0 Å². The van der Waals surface area contributed by atoms with E-state index in [-0.39, 0.29) is 12.3 Å². The van der Waals surface area contributed by atoms with Gasteiger partial charge < -0.3 is 14.8 Å². The van der Waals surface area contributed by atoms with Gasteiger partial charge in [-0.3, -0.25) is 4.79 Å². The van der Waals surface area contributed by atoms with Crippen LogP contribution in [0.4, 0.5) is 0 Å². The van der Waals surface area contributed by atoms with Crippen LogP contribution in [0.3, 0.4) is 0 Å². The van der Waals surface area contributed by atoms with Crippen molar-refractivity contribution in [2.75, 3.05) is 0 Å². The molecule has 0 saturated carbocycles. The van der Waals surface area contributed by atoms with E-state index in [0.29, 0.717) is 16.3 Å². The first-order valence-electron chi connectivity index (χ1n) is 5.82. The second-order valence-electron chi connectivity index (χ2n) is 4.30. The van der Waals surface area contributed by atoms with Crippen LogP contribution in [0.15, 0.2) is 41.3 Å². The highest BCUT2D eigenvalue weighted by Crippen LogP contribution is 2.24. The second kappa shape index (κ2) is 5.47. The molecule has 4 nitrogen and oxygen atoms in total. The molecule has 0 spiro atoms. The van der Waals surface area contributed by atoms with Crippen LogP contribution in [-0.2, 0) is 6.54 Å². The van der Waals surface area contributed by atoms with Crippen LogP contribution in [0, 0.1) is 6.92 Å². The van der Waals surface area contributed by atoms with Crippen molar-refractivity contribution in [2.24, 2.45) is 0 Å². The van der Waals surface area contributed by atoms with E-state index < -0.39 is 11.5 Å². The number of aliphatic hydroxyl groups is 1. The normalized spacial score (nSPS) is 12.4. The lowest BCUT2D eigenvalue weighted by molar-refractivity contribution is 0.155. The summed E-state index contributed by atoms with van der Waals surface area (Å²) in [4.78, 5) is 11.3. The molecule has 2 aromatic rings. The summed E-state index contributed by atoms with van der Waals surface area (Å²) in [6.07, 6.45) is 0.728. The molecule has 1 atom stereocenters. The van der Waals surface area contributed by atoms with Crippen LogP contribution < -0.4 is 5.43 Å². The minimum absolute atomic E-state index is 0.212. The van der Waals surface area contributed by atoms with Gasteiger partial charge in [-0.25, -0.2) is 0 Å². The number of aromatic nitrogens is 1. The van der Waals surface area contributed by atoms with Gasteiger partial charge in [-0.15, -0.1) is 0 Å². The third-order valence-electron chi connectivity index (χ3n) is 3.05. The summed E-state index contributed by atoms with van der Waals surface area (Å²) in [7, 11) is 0. The number of nitrogens with zero attached hydrogens (tertiary/aromatic N) is 1. The SMILES string of the molecule is Cc1c(O)c(=O)ccn1C[C@H](O)c1ccccc1Cl. The fourth-order valence-electron chi connectivity index (χ4n) is 1.89. The standard InChI is InChI=1S/C14H14ClNO3/c1-9-14(19)12(17)6-7-16(9)8-13(18)10-4-2-3-5-11(10)15/h2-7,13,18-19H,8H2,1H3/t13-/m0/s1. The molecule has 0 bridgehead atoms. The van der Waals surface area contributed by atoms with Crippen molar-refractivity contribution in [3.05, 3.63) is 63.0 Å². The van der Waals surface area contributed by atoms with Gasteiger partial charge in [0.1, 0.15) is 0 Å². The van der Waals surface area contributed by atoms with Crippen molar-refractivity contribution in [1.29, 1.82) is 0 Å². The first-order chi connectivity index (χ1) is 9.00. The predicted molar refractivity (Wildman–Crippen MR) is 73.5 cm³/mol. The highest BCUT2D eigenvalue weighted by atomic mass is 35.5. The zero-order valence-electron chi connectivity index (χ0n) is 10.4. The van der Waals surface area contributed by atoms with Crippen molar-refractivity contribution in [3.8, 4) is 5.75 Å². The molecule has 0 aliphatic rings. The van der Waals surface area contributed by atoms with E-state index in [1.807, 2.05) is 0 Å². The van der Waals surface area contributed by atoms with E-state index in [1.54, 1.807) is 35.8 Å². The number of rotatable bonds is 3. The van der Waals surface area contributed by atoms with Gasteiger partial charge in [0.25, 0.3) is 0 Å². The topological polar surface area (TPSA) is 62.5 Å². The van der Waals surface area contributed by atoms with Crippen molar-refractivity contribution in [3.63, 3.8) is 0 Å². The molecular formula is C14H14ClNO3. The summed E-state index contributed by atoms with van der Waals surface area (Å²) in [6, 6.07) is 8.29. The van der Waals surface area contributed by atoms with E-state index in [0.717, 1.165) is 0 Å². The Labute approximate surface area is 115 Å². The van der Waals surface area contributed by atoms with Crippen molar-refractivity contribution in [1.82, 2.24) is 4.57 Å². The summed E-state index contributed by atoms with van der Waals surface area (Å²) in [5, 5.41) is 20.2. The molecule has 1 heterocycles. The van der Waals surface area contributed by atoms with Gasteiger partial charge in [0, 0.05) is 22.8 Å². The number of aromatic hydroxyl groups is 1. The molecular weight excluding hydrogens is 266 g/mol. The first kappa shape index (κ1) is 13.6. The molecule has 0 aliphatic carbocycles. The van der Waals surface area contributed by atoms with Gasteiger partial charge in [0.15, 0.2) is 5.75 Å². The molecule has 2 rings (SSSR count). The Kier molecular flexibility index (Phi) is 3.93. The molecule has 100 valence electrons. The van der Waals surface area contributed by atoms with Crippen LogP contribution in [-0.4, -0.2) is 14.8 Å². The maximum Gasteiger partial charge on any atom is 0.223 e. The number of pyridine rings is 1. The Balaban J connectivity index is 2.30. The average molecular weight is 280 g/mol. The van der Waals surface area contributed by atoms with E-state index in [2.05, 4.69) is 0 Å². The number of benzene rings is 1. The third kappa shape index (κ3) is 2.80. The minimum atomic E-state index is -0.811. The number of halogens is 1. The monoisotopic (exact) mass is 279 g/mol. The molecule has 0 amide bonds. The largest absolute Gasteiger partial charge is 0.503 e. The minimum Gasteiger partial charge on any atom is -0.503 e. The van der Waals surface area contributed by atoms with E-state index >= 15 is 0 Å². The fourth-order valence-corrected chi connectivity index (χ4v) is 2.15. The zero-order valence-corrected chi connectivity index (χ0v) is 11.1. The van der Waals surface area contributed by atoms with Gasteiger partial charge in [-0.1, -0.05) is 29.8 Å². The smallest absolute Gasteiger partial charge is 0.223 e. The van der Waals surface area contributed by atoms with E-state index in [1.165, 1.54) is 12.3 Å². The van der Waals surface area contributed by atoms with Crippen molar-refractivity contribution < 1.29 is 10.2 Å². The predicted octanol–water partition coefficient (Wildman–Crippen LogP) is 2.25. The molecule has 19 heavy (non-hydrogen) atoms. The molecule has 2 N–H and O–H groups in total.